The van der Waals surface area contributed by atoms with Gasteiger partial charge in [-0.1, -0.05) is 25.0 Å². The van der Waals surface area contributed by atoms with Gasteiger partial charge in [0.2, 0.25) is 0 Å². The van der Waals surface area contributed by atoms with Crippen LogP contribution in [0, 0.1) is 0 Å². The van der Waals surface area contributed by atoms with Crippen molar-refractivity contribution in [3.63, 3.8) is 0 Å². The highest BCUT2D eigenvalue weighted by Crippen LogP contribution is 2.36. The van der Waals surface area contributed by atoms with Crippen LogP contribution < -0.4 is 10.1 Å². The Morgan fingerprint density at radius 3 is 2.68 bits per heavy atom. The molecule has 1 aromatic rings. The highest BCUT2D eigenvalue weighted by atomic mass is 16.5. The van der Waals surface area contributed by atoms with Gasteiger partial charge in [0.1, 0.15) is 5.75 Å². The van der Waals surface area contributed by atoms with Gasteiger partial charge in [-0.2, -0.15) is 0 Å². The first-order valence-electron chi connectivity index (χ1n) is 7.77. The number of methoxy groups -OCH3 is 1. The van der Waals surface area contributed by atoms with E-state index in [9.17, 15) is 0 Å². The summed E-state index contributed by atoms with van der Waals surface area (Å²) in [5.41, 5.74) is 2.93. The van der Waals surface area contributed by atoms with Crippen molar-refractivity contribution < 1.29 is 4.74 Å². The fraction of sp³-hybridized carbons (Fsp3) is 0.647. The van der Waals surface area contributed by atoms with Crippen molar-refractivity contribution in [3.8, 4) is 5.75 Å². The molecular formula is C17H25NO. The molecule has 0 bridgehead atoms. The molecule has 1 saturated carbocycles. The molecule has 3 rings (SSSR count). The van der Waals surface area contributed by atoms with E-state index in [0.29, 0.717) is 6.04 Å². The van der Waals surface area contributed by atoms with E-state index in [-0.39, 0.29) is 0 Å². The molecule has 0 radical (unpaired) electrons. The predicted octanol–water partition coefficient (Wildman–Crippen LogP) is 3.65. The van der Waals surface area contributed by atoms with E-state index in [1.807, 2.05) is 0 Å². The summed E-state index contributed by atoms with van der Waals surface area (Å²) in [7, 11) is 1.79. The van der Waals surface area contributed by atoms with E-state index in [0.717, 1.165) is 18.1 Å². The predicted molar refractivity (Wildman–Crippen MR) is 78.9 cm³/mol. The van der Waals surface area contributed by atoms with Gasteiger partial charge in [-0.3, -0.25) is 0 Å². The summed E-state index contributed by atoms with van der Waals surface area (Å²) in [4.78, 5) is 0. The van der Waals surface area contributed by atoms with Crippen molar-refractivity contribution in [3.05, 3.63) is 29.3 Å². The molecule has 0 amide bonds. The minimum Gasteiger partial charge on any atom is -0.496 e. The SMILES string of the molecule is COc1ccc(C2CCCC2)cc1CC1CCCN1. The number of hydrogen-bond donors (Lipinski definition) is 1. The molecule has 1 aliphatic carbocycles. The van der Waals surface area contributed by atoms with Crippen molar-refractivity contribution in [1.29, 1.82) is 0 Å². The molecule has 1 N–H and O–H groups in total. The van der Waals surface area contributed by atoms with Gasteiger partial charge in [-0.25, -0.2) is 0 Å². The van der Waals surface area contributed by atoms with E-state index < -0.39 is 0 Å². The molecule has 104 valence electrons. The van der Waals surface area contributed by atoms with Gasteiger partial charge in [0, 0.05) is 6.04 Å². The van der Waals surface area contributed by atoms with Crippen LogP contribution in [0.2, 0.25) is 0 Å². The summed E-state index contributed by atoms with van der Waals surface area (Å²) >= 11 is 0. The maximum atomic E-state index is 5.55. The second-order valence-electron chi connectivity index (χ2n) is 6.05. The first-order chi connectivity index (χ1) is 9.36. The normalized spacial score (nSPS) is 23.9. The molecule has 1 unspecified atom stereocenters. The standard InChI is InChI=1S/C17H25NO/c1-19-17-9-8-14(13-5-2-3-6-13)11-15(17)12-16-7-4-10-18-16/h8-9,11,13,16,18H,2-7,10,12H2,1H3. The maximum absolute atomic E-state index is 5.55. The first-order valence-corrected chi connectivity index (χ1v) is 7.77. The number of nitrogens with one attached hydrogen (secondary N) is 1. The number of hydrogen-bond acceptors (Lipinski definition) is 2. The second kappa shape index (κ2) is 5.96. The topological polar surface area (TPSA) is 21.3 Å². The smallest absolute Gasteiger partial charge is 0.122 e. The van der Waals surface area contributed by atoms with Crippen LogP contribution >= 0.6 is 0 Å². The molecule has 2 aliphatic rings. The minimum absolute atomic E-state index is 0.646. The molecular weight excluding hydrogens is 234 g/mol. The molecule has 2 nitrogen and oxygen atoms in total. The van der Waals surface area contributed by atoms with E-state index in [1.165, 1.54) is 56.2 Å². The van der Waals surface area contributed by atoms with Gasteiger partial charge < -0.3 is 10.1 Å². The van der Waals surface area contributed by atoms with Crippen LogP contribution in [0.25, 0.3) is 0 Å². The highest BCUT2D eigenvalue weighted by Gasteiger charge is 2.20. The number of ether oxygens (including phenoxy) is 1. The summed E-state index contributed by atoms with van der Waals surface area (Å²) in [5, 5.41) is 3.59. The fourth-order valence-corrected chi connectivity index (χ4v) is 3.67. The lowest BCUT2D eigenvalue weighted by molar-refractivity contribution is 0.406. The Bertz CT molecular complexity index is 417. The molecule has 1 aliphatic heterocycles. The molecule has 2 fully saturated rings. The minimum atomic E-state index is 0.646. The zero-order valence-electron chi connectivity index (χ0n) is 12.0. The summed E-state index contributed by atoms with van der Waals surface area (Å²) in [6.07, 6.45) is 9.27. The first kappa shape index (κ1) is 13.0. The summed E-state index contributed by atoms with van der Waals surface area (Å²) in [5.74, 6) is 1.86. The molecule has 0 spiro atoms. The van der Waals surface area contributed by atoms with Crippen LogP contribution in [-0.4, -0.2) is 19.7 Å². The van der Waals surface area contributed by atoms with E-state index in [4.69, 9.17) is 4.74 Å². The largest absolute Gasteiger partial charge is 0.496 e. The lowest BCUT2D eigenvalue weighted by Crippen LogP contribution is -2.23. The van der Waals surface area contributed by atoms with Crippen LogP contribution in [0.1, 0.15) is 55.6 Å². The van der Waals surface area contributed by atoms with Gasteiger partial charge in [0.15, 0.2) is 0 Å². The van der Waals surface area contributed by atoms with Crippen LogP contribution in [0.4, 0.5) is 0 Å². The van der Waals surface area contributed by atoms with Crippen molar-refractivity contribution in [2.24, 2.45) is 0 Å². The van der Waals surface area contributed by atoms with E-state index >= 15 is 0 Å². The molecule has 0 aromatic heterocycles. The van der Waals surface area contributed by atoms with Gasteiger partial charge in [0.05, 0.1) is 7.11 Å². The number of rotatable bonds is 4. The van der Waals surface area contributed by atoms with Crippen molar-refractivity contribution in [2.45, 2.75) is 56.9 Å². The molecule has 1 aromatic carbocycles. The quantitative estimate of drug-likeness (QED) is 0.891. The summed E-state index contributed by atoms with van der Waals surface area (Å²) < 4.78 is 5.55. The Morgan fingerprint density at radius 2 is 2.00 bits per heavy atom. The Morgan fingerprint density at radius 1 is 1.16 bits per heavy atom. The molecule has 2 heteroatoms. The Hall–Kier alpha value is -1.02. The van der Waals surface area contributed by atoms with Gasteiger partial charge in [-0.15, -0.1) is 0 Å². The zero-order chi connectivity index (χ0) is 13.1. The summed E-state index contributed by atoms with van der Waals surface area (Å²) in [6.45, 7) is 1.18. The van der Waals surface area contributed by atoms with Crippen molar-refractivity contribution >= 4 is 0 Å². The lowest BCUT2D eigenvalue weighted by atomic mass is 9.93. The second-order valence-corrected chi connectivity index (χ2v) is 6.05. The highest BCUT2D eigenvalue weighted by molar-refractivity contribution is 5.39. The van der Waals surface area contributed by atoms with E-state index in [1.54, 1.807) is 7.11 Å². The monoisotopic (exact) mass is 259 g/mol. The van der Waals surface area contributed by atoms with Crippen LogP contribution in [0.15, 0.2) is 18.2 Å². The molecule has 1 atom stereocenters. The third-order valence-corrected chi connectivity index (χ3v) is 4.76. The number of benzene rings is 1. The van der Waals surface area contributed by atoms with E-state index in [2.05, 4.69) is 23.5 Å². The molecule has 1 saturated heterocycles. The van der Waals surface area contributed by atoms with Crippen molar-refractivity contribution in [2.75, 3.05) is 13.7 Å². The Kier molecular flexibility index (Phi) is 4.07. The third kappa shape index (κ3) is 2.94. The molecule has 19 heavy (non-hydrogen) atoms. The van der Waals surface area contributed by atoms with Gasteiger partial charge in [-0.05, 0) is 61.8 Å². The summed E-state index contributed by atoms with van der Waals surface area (Å²) in [6, 6.07) is 7.51. The Labute approximate surface area is 116 Å². The van der Waals surface area contributed by atoms with Crippen LogP contribution in [0.5, 0.6) is 5.75 Å². The van der Waals surface area contributed by atoms with Crippen LogP contribution in [-0.2, 0) is 6.42 Å². The van der Waals surface area contributed by atoms with Crippen molar-refractivity contribution in [1.82, 2.24) is 5.32 Å². The lowest BCUT2D eigenvalue weighted by Gasteiger charge is -2.17. The fourth-order valence-electron chi connectivity index (χ4n) is 3.67. The average Bonchev–Trinajstić information content (AvgIpc) is 3.11. The third-order valence-electron chi connectivity index (χ3n) is 4.76. The van der Waals surface area contributed by atoms with Crippen LogP contribution in [0.3, 0.4) is 0 Å². The Balaban J connectivity index is 1.79. The van der Waals surface area contributed by atoms with Gasteiger partial charge >= 0.3 is 0 Å². The average molecular weight is 259 g/mol. The zero-order valence-corrected chi connectivity index (χ0v) is 12.0. The maximum Gasteiger partial charge on any atom is 0.122 e. The molecule has 1 heterocycles. The van der Waals surface area contributed by atoms with Gasteiger partial charge in [0.25, 0.3) is 0 Å².